The van der Waals surface area contributed by atoms with E-state index in [4.69, 9.17) is 4.74 Å². The number of hydrogen-bond acceptors (Lipinski definition) is 3. The van der Waals surface area contributed by atoms with Gasteiger partial charge in [-0.1, -0.05) is 36.9 Å². The number of carbonyl (C=O) groups excluding carboxylic acids is 1. The molecule has 0 aliphatic heterocycles. The van der Waals surface area contributed by atoms with Crippen LogP contribution in [0.15, 0.2) is 61.2 Å². The minimum atomic E-state index is -6.42. The van der Waals surface area contributed by atoms with Gasteiger partial charge in [-0.15, -0.1) is 0 Å². The van der Waals surface area contributed by atoms with Crippen LogP contribution in [0.5, 0.6) is 11.5 Å². The number of hydrogen-bond donors (Lipinski definition) is 1. The molecule has 0 heterocycles. The minimum Gasteiger partial charge on any atom is -0.507 e. The zero-order chi connectivity index (χ0) is 24.4. The molecule has 0 unspecified atom stereocenters. The van der Waals surface area contributed by atoms with E-state index >= 15 is 0 Å². The zero-order valence-electron chi connectivity index (χ0n) is 16.1. The maximum absolute atomic E-state index is 13.7. The van der Waals surface area contributed by atoms with Crippen molar-refractivity contribution in [2.45, 2.75) is 30.1 Å². The van der Waals surface area contributed by atoms with E-state index < -0.39 is 54.3 Å². The summed E-state index contributed by atoms with van der Waals surface area (Å²) >= 11 is 0. The fourth-order valence-corrected chi connectivity index (χ4v) is 2.56. The van der Waals surface area contributed by atoms with Crippen LogP contribution in [0.2, 0.25) is 0 Å². The van der Waals surface area contributed by atoms with Crippen LogP contribution in [0.4, 0.5) is 35.1 Å². The number of phenolic OH excluding ortho intramolecular Hbond substituents is 1. The molecule has 3 nitrogen and oxygen atoms in total. The molecule has 0 fully saturated rings. The van der Waals surface area contributed by atoms with Gasteiger partial charge in [0, 0.05) is 11.6 Å². The van der Waals surface area contributed by atoms with Gasteiger partial charge in [-0.3, -0.25) is 4.79 Å². The molecule has 0 amide bonds. The number of carbonyl (C=O) groups is 1. The van der Waals surface area contributed by atoms with Gasteiger partial charge in [-0.2, -0.15) is 35.1 Å². The van der Waals surface area contributed by atoms with Crippen molar-refractivity contribution in [3.8, 4) is 11.5 Å². The smallest absolute Gasteiger partial charge is 0.381 e. The molecule has 2 rings (SSSR count). The van der Waals surface area contributed by atoms with E-state index in [0.29, 0.717) is 0 Å². The number of alkyl halides is 8. The van der Waals surface area contributed by atoms with Gasteiger partial charge in [0.1, 0.15) is 11.5 Å². The molecule has 32 heavy (non-hydrogen) atoms. The van der Waals surface area contributed by atoms with Crippen LogP contribution in [-0.2, 0) is 0 Å². The second kappa shape index (κ2) is 8.79. The van der Waals surface area contributed by atoms with Gasteiger partial charge in [-0.05, 0) is 18.2 Å². The maximum Gasteiger partial charge on any atom is 0.381 e. The van der Waals surface area contributed by atoms with Crippen LogP contribution in [0.1, 0.15) is 22.3 Å². The molecule has 0 aromatic heterocycles. The summed E-state index contributed by atoms with van der Waals surface area (Å²) < 4.78 is 112. The van der Waals surface area contributed by atoms with Crippen LogP contribution >= 0.6 is 0 Å². The molecule has 174 valence electrons. The van der Waals surface area contributed by atoms with Gasteiger partial charge >= 0.3 is 23.7 Å². The van der Waals surface area contributed by atoms with Gasteiger partial charge in [0.05, 0.1) is 18.6 Å². The predicted molar refractivity (Wildman–Crippen MR) is 98.1 cm³/mol. The summed E-state index contributed by atoms with van der Waals surface area (Å²) in [5, 5.41) is 9.97. The Kier molecular flexibility index (Phi) is 6.91. The van der Waals surface area contributed by atoms with Crippen LogP contribution < -0.4 is 4.74 Å². The second-order valence-corrected chi connectivity index (χ2v) is 6.65. The van der Waals surface area contributed by atoms with Gasteiger partial charge in [-0.25, -0.2) is 0 Å². The average molecular weight is 468 g/mol. The van der Waals surface area contributed by atoms with Crippen LogP contribution in [-0.4, -0.2) is 41.2 Å². The van der Waals surface area contributed by atoms with E-state index in [1.54, 1.807) is 18.2 Å². The fraction of sp³-hybridized carbons (Fsp3) is 0.286. The number of halogens is 8. The summed E-state index contributed by atoms with van der Waals surface area (Å²) in [5.41, 5.74) is 0.0577. The summed E-state index contributed by atoms with van der Waals surface area (Å²) in [6, 6.07) is 10.7. The van der Waals surface area contributed by atoms with Crippen molar-refractivity contribution in [1.29, 1.82) is 0 Å². The molecule has 0 aliphatic rings. The van der Waals surface area contributed by atoms with E-state index in [9.17, 15) is 45.0 Å². The first kappa shape index (κ1) is 25.2. The van der Waals surface area contributed by atoms with Gasteiger partial charge in [0.15, 0.2) is 5.78 Å². The Morgan fingerprint density at radius 1 is 0.938 bits per heavy atom. The minimum absolute atomic E-state index is 0.174. The van der Waals surface area contributed by atoms with Crippen molar-refractivity contribution < 1.29 is 49.8 Å². The predicted octanol–water partition coefficient (Wildman–Crippen LogP) is 6.12. The average Bonchev–Trinajstić information content (AvgIpc) is 2.73. The highest BCUT2D eigenvalue weighted by atomic mass is 19.4. The summed E-state index contributed by atoms with van der Waals surface area (Å²) in [4.78, 5) is 12.3. The van der Waals surface area contributed by atoms with Crippen molar-refractivity contribution in [2.24, 2.45) is 0 Å². The molecule has 0 aliphatic carbocycles. The number of ketones is 1. The van der Waals surface area contributed by atoms with Crippen molar-refractivity contribution in [1.82, 2.24) is 0 Å². The molecular weight excluding hydrogens is 452 g/mol. The van der Waals surface area contributed by atoms with Gasteiger partial charge < -0.3 is 9.84 Å². The molecule has 1 N–H and O–H groups in total. The highest BCUT2D eigenvalue weighted by Crippen LogP contribution is 2.53. The molecule has 0 bridgehead atoms. The zero-order valence-corrected chi connectivity index (χ0v) is 16.1. The van der Waals surface area contributed by atoms with Gasteiger partial charge in [0.25, 0.3) is 0 Å². The SMILES string of the molecule is C=CC(F)(F)C(F)(F)C(F)(F)C(F)(F)CCOc1ccc(C(=O)c2ccccc2)c(O)c1. The first-order valence-electron chi connectivity index (χ1n) is 8.88. The standard InChI is InChI=1S/C21H16F8O3/c1-2-18(22,23)20(26,27)21(28,29)19(24,25)10-11-32-14-8-9-15(16(30)12-14)17(31)13-6-4-3-5-7-13/h2-9,12,30H,1,10-11H2. The Bertz CT molecular complexity index is 974. The summed E-state index contributed by atoms with van der Waals surface area (Å²) in [7, 11) is 0. The highest BCUT2D eigenvalue weighted by Gasteiger charge is 2.79. The lowest BCUT2D eigenvalue weighted by molar-refractivity contribution is -0.357. The number of benzene rings is 2. The van der Waals surface area contributed by atoms with Crippen LogP contribution in [0.3, 0.4) is 0 Å². The normalized spacial score (nSPS) is 13.0. The number of rotatable bonds is 10. The monoisotopic (exact) mass is 468 g/mol. The largest absolute Gasteiger partial charge is 0.507 e. The first-order valence-corrected chi connectivity index (χ1v) is 8.88. The molecule has 0 radical (unpaired) electrons. The van der Waals surface area contributed by atoms with E-state index in [1.807, 2.05) is 0 Å². The third-order valence-electron chi connectivity index (χ3n) is 4.46. The van der Waals surface area contributed by atoms with Crippen molar-refractivity contribution in [3.63, 3.8) is 0 Å². The number of allylic oxidation sites excluding steroid dienone is 1. The van der Waals surface area contributed by atoms with Gasteiger partial charge in [0.2, 0.25) is 0 Å². The maximum atomic E-state index is 13.7. The Balaban J connectivity index is 2.10. The number of ether oxygens (including phenoxy) is 1. The van der Waals surface area contributed by atoms with Crippen LogP contribution in [0, 0.1) is 0 Å². The van der Waals surface area contributed by atoms with E-state index in [1.165, 1.54) is 12.1 Å². The van der Waals surface area contributed by atoms with Crippen molar-refractivity contribution in [2.75, 3.05) is 6.61 Å². The topological polar surface area (TPSA) is 46.5 Å². The molecule has 2 aromatic carbocycles. The Morgan fingerprint density at radius 2 is 1.53 bits per heavy atom. The lowest BCUT2D eigenvalue weighted by Gasteiger charge is -2.35. The Hall–Kier alpha value is -3.11. The van der Waals surface area contributed by atoms with Crippen LogP contribution in [0.25, 0.3) is 0 Å². The lowest BCUT2D eigenvalue weighted by Crippen LogP contribution is -2.61. The Labute approximate surface area is 176 Å². The quantitative estimate of drug-likeness (QED) is 0.260. The van der Waals surface area contributed by atoms with Crippen molar-refractivity contribution >= 4 is 5.78 Å². The third kappa shape index (κ3) is 4.56. The molecule has 0 atom stereocenters. The second-order valence-electron chi connectivity index (χ2n) is 6.65. The molecule has 0 saturated carbocycles. The molecule has 2 aromatic rings. The molecule has 11 heteroatoms. The molecule has 0 saturated heterocycles. The van der Waals surface area contributed by atoms with Crippen molar-refractivity contribution in [3.05, 3.63) is 72.3 Å². The van der Waals surface area contributed by atoms with E-state index in [2.05, 4.69) is 6.58 Å². The summed E-state index contributed by atoms with van der Waals surface area (Å²) in [5.74, 6) is -25.5. The highest BCUT2D eigenvalue weighted by molar-refractivity contribution is 6.10. The summed E-state index contributed by atoms with van der Waals surface area (Å²) in [6.07, 6.45) is -2.89. The van der Waals surface area contributed by atoms with E-state index in [-0.39, 0.29) is 16.9 Å². The third-order valence-corrected chi connectivity index (χ3v) is 4.46. The molecule has 0 spiro atoms. The first-order chi connectivity index (χ1) is 14.7. The summed E-state index contributed by atoms with van der Waals surface area (Å²) in [6.45, 7) is 0.974. The Morgan fingerprint density at radius 3 is 2.06 bits per heavy atom. The fourth-order valence-electron chi connectivity index (χ4n) is 2.56. The lowest BCUT2D eigenvalue weighted by atomic mass is 9.97. The molecular formula is C21H16F8O3. The van der Waals surface area contributed by atoms with E-state index in [0.717, 1.165) is 18.2 Å². The number of phenols is 1. The number of aromatic hydroxyl groups is 1.